The lowest BCUT2D eigenvalue weighted by molar-refractivity contribution is 0.0746. The van der Waals surface area contributed by atoms with Crippen molar-refractivity contribution in [3.05, 3.63) is 96.5 Å². The Hall–Kier alpha value is -5.37. The van der Waals surface area contributed by atoms with Crippen LogP contribution in [0.3, 0.4) is 0 Å². The Kier molecular flexibility index (Phi) is 7.89. The summed E-state index contributed by atoms with van der Waals surface area (Å²) in [7, 11) is -3.14. The SMILES string of the molecule is COc1ncc(-c2ccc3ncnc(N4CCN(C(=O)c5cccc(O)c5)CC4)c3c2)cc1NS(=O)(=O)c1ccc(F)cc1F. The van der Waals surface area contributed by atoms with E-state index in [-0.39, 0.29) is 23.2 Å². The summed E-state index contributed by atoms with van der Waals surface area (Å²) in [6.45, 7) is 1.91. The first-order valence-electron chi connectivity index (χ1n) is 13.7. The summed E-state index contributed by atoms with van der Waals surface area (Å²) in [5, 5.41) is 10.5. The number of piperazine rings is 1. The van der Waals surface area contributed by atoms with Gasteiger partial charge in [0.05, 0.1) is 12.6 Å². The normalized spacial score (nSPS) is 13.6. The van der Waals surface area contributed by atoms with Gasteiger partial charge in [0, 0.05) is 55.0 Å². The summed E-state index contributed by atoms with van der Waals surface area (Å²) in [4.78, 5) is 29.2. The molecule has 45 heavy (non-hydrogen) atoms. The standard InChI is InChI=1S/C31H26F2N6O5S/c1-44-30-27(37-45(42,43)28-8-6-22(32)16-25(28)33)15-21(17-34-30)19-5-7-26-24(14-19)29(36-18-35-26)38-9-11-39(12-10-38)31(41)20-3-2-4-23(40)13-20/h2-8,13-18,37,40H,9-12H2,1H3. The molecule has 230 valence electrons. The summed E-state index contributed by atoms with van der Waals surface area (Å²) < 4.78 is 61.2. The molecule has 14 heteroatoms. The molecule has 0 radical (unpaired) electrons. The third-order valence-electron chi connectivity index (χ3n) is 7.38. The van der Waals surface area contributed by atoms with Crippen LogP contribution >= 0.6 is 0 Å². The number of fused-ring (bicyclic) bond motifs is 1. The fourth-order valence-electron chi connectivity index (χ4n) is 5.16. The Morgan fingerprint density at radius 1 is 0.933 bits per heavy atom. The minimum absolute atomic E-state index is 0.0288. The van der Waals surface area contributed by atoms with Crippen LogP contribution in [0.4, 0.5) is 20.3 Å². The number of carbonyl (C=O) groups excluding carboxylic acids is 1. The maximum absolute atomic E-state index is 14.3. The Morgan fingerprint density at radius 3 is 2.47 bits per heavy atom. The Morgan fingerprint density at radius 2 is 1.73 bits per heavy atom. The molecule has 2 aromatic heterocycles. The van der Waals surface area contributed by atoms with Gasteiger partial charge < -0.3 is 19.6 Å². The molecule has 5 aromatic rings. The average Bonchev–Trinajstić information content (AvgIpc) is 3.03. The number of methoxy groups -OCH3 is 1. The van der Waals surface area contributed by atoms with Gasteiger partial charge in [0.25, 0.3) is 15.9 Å². The van der Waals surface area contributed by atoms with Crippen LogP contribution in [0, 0.1) is 11.6 Å². The highest BCUT2D eigenvalue weighted by Crippen LogP contribution is 2.34. The lowest BCUT2D eigenvalue weighted by atomic mass is 10.0. The number of hydrogen-bond donors (Lipinski definition) is 2. The Bertz CT molecular complexity index is 2040. The van der Waals surface area contributed by atoms with Gasteiger partial charge in [0.2, 0.25) is 5.88 Å². The molecule has 0 unspecified atom stereocenters. The van der Waals surface area contributed by atoms with E-state index < -0.39 is 26.6 Å². The number of aromatic nitrogens is 3. The molecule has 1 amide bonds. The van der Waals surface area contributed by atoms with Gasteiger partial charge in [-0.3, -0.25) is 9.52 Å². The van der Waals surface area contributed by atoms with Gasteiger partial charge in [-0.25, -0.2) is 32.2 Å². The number of carbonyl (C=O) groups is 1. The van der Waals surface area contributed by atoms with E-state index in [0.29, 0.717) is 60.3 Å². The largest absolute Gasteiger partial charge is 0.508 e. The van der Waals surface area contributed by atoms with Gasteiger partial charge in [0.15, 0.2) is 0 Å². The Balaban J connectivity index is 1.27. The number of benzene rings is 3. The quantitative estimate of drug-likeness (QED) is 0.267. The first-order chi connectivity index (χ1) is 21.6. The predicted molar refractivity (Wildman–Crippen MR) is 163 cm³/mol. The third kappa shape index (κ3) is 6.04. The summed E-state index contributed by atoms with van der Waals surface area (Å²) in [5.74, 6) is -1.66. The van der Waals surface area contributed by atoms with Crippen LogP contribution in [0.1, 0.15) is 10.4 Å². The number of phenolic OH excluding ortho intramolecular Hbond substituents is 1. The van der Waals surface area contributed by atoms with E-state index in [0.717, 1.165) is 17.5 Å². The number of sulfonamides is 1. The molecule has 2 N–H and O–H groups in total. The number of halogens is 2. The predicted octanol–water partition coefficient (Wildman–Crippen LogP) is 4.45. The molecule has 6 rings (SSSR count). The highest BCUT2D eigenvalue weighted by Gasteiger charge is 2.25. The van der Waals surface area contributed by atoms with Crippen LogP contribution in [-0.2, 0) is 10.0 Å². The molecule has 1 aliphatic heterocycles. The third-order valence-corrected chi connectivity index (χ3v) is 8.78. The highest BCUT2D eigenvalue weighted by atomic mass is 32.2. The van der Waals surface area contributed by atoms with E-state index in [1.165, 1.54) is 37.8 Å². The lowest BCUT2D eigenvalue weighted by Gasteiger charge is -2.35. The monoisotopic (exact) mass is 632 g/mol. The van der Waals surface area contributed by atoms with Crippen LogP contribution in [-0.4, -0.2) is 72.6 Å². The molecule has 0 aliphatic carbocycles. The number of rotatable bonds is 7. The minimum atomic E-state index is -4.46. The second kappa shape index (κ2) is 12.0. The molecular weight excluding hydrogens is 606 g/mol. The zero-order valence-corrected chi connectivity index (χ0v) is 24.6. The Labute approximate surface area is 256 Å². The minimum Gasteiger partial charge on any atom is -0.508 e. The lowest BCUT2D eigenvalue weighted by Crippen LogP contribution is -2.49. The van der Waals surface area contributed by atoms with Crippen LogP contribution in [0.5, 0.6) is 11.6 Å². The number of anilines is 2. The van der Waals surface area contributed by atoms with E-state index in [1.54, 1.807) is 29.2 Å². The van der Waals surface area contributed by atoms with Crippen molar-refractivity contribution in [2.75, 3.05) is 42.9 Å². The molecule has 11 nitrogen and oxygen atoms in total. The van der Waals surface area contributed by atoms with Gasteiger partial charge in [-0.05, 0) is 54.1 Å². The number of nitrogens with one attached hydrogen (secondary N) is 1. The van der Waals surface area contributed by atoms with Gasteiger partial charge in [-0.15, -0.1) is 0 Å². The fraction of sp³-hybridized carbons (Fsp3) is 0.161. The number of hydrogen-bond acceptors (Lipinski definition) is 9. The molecule has 0 spiro atoms. The van der Waals surface area contributed by atoms with Gasteiger partial charge in [0.1, 0.15) is 40.1 Å². The smallest absolute Gasteiger partial charge is 0.264 e. The highest BCUT2D eigenvalue weighted by molar-refractivity contribution is 7.92. The first kappa shape index (κ1) is 29.7. The van der Waals surface area contributed by atoms with Crippen molar-refractivity contribution in [3.8, 4) is 22.8 Å². The number of phenols is 1. The number of amides is 1. The van der Waals surface area contributed by atoms with E-state index in [1.807, 2.05) is 6.07 Å². The van der Waals surface area contributed by atoms with E-state index in [4.69, 9.17) is 4.74 Å². The topological polar surface area (TPSA) is 138 Å². The van der Waals surface area contributed by atoms with Gasteiger partial charge in [-0.1, -0.05) is 12.1 Å². The zero-order valence-electron chi connectivity index (χ0n) is 23.8. The first-order valence-corrected chi connectivity index (χ1v) is 15.2. The molecule has 3 heterocycles. The van der Waals surface area contributed by atoms with E-state index in [2.05, 4.69) is 24.6 Å². The molecule has 0 atom stereocenters. The molecule has 0 bridgehead atoms. The van der Waals surface area contributed by atoms with Crippen molar-refractivity contribution in [1.29, 1.82) is 0 Å². The zero-order chi connectivity index (χ0) is 31.7. The molecule has 1 fully saturated rings. The number of nitrogens with zero attached hydrogens (tertiary/aromatic N) is 5. The van der Waals surface area contributed by atoms with Gasteiger partial charge in [-0.2, -0.15) is 0 Å². The summed E-state index contributed by atoms with van der Waals surface area (Å²) >= 11 is 0. The number of pyridine rings is 1. The summed E-state index contributed by atoms with van der Waals surface area (Å²) in [6, 6.07) is 15.4. The second-order valence-electron chi connectivity index (χ2n) is 10.2. The van der Waals surface area contributed by atoms with Crippen molar-refractivity contribution in [1.82, 2.24) is 19.9 Å². The maximum atomic E-state index is 14.3. The van der Waals surface area contributed by atoms with Crippen LogP contribution in [0.25, 0.3) is 22.0 Å². The fourth-order valence-corrected chi connectivity index (χ4v) is 6.26. The second-order valence-corrected chi connectivity index (χ2v) is 11.9. The molecule has 3 aromatic carbocycles. The van der Waals surface area contributed by atoms with Crippen molar-refractivity contribution < 1.29 is 31.8 Å². The summed E-state index contributed by atoms with van der Waals surface area (Å²) in [5.41, 5.74) is 2.23. The average molecular weight is 633 g/mol. The van der Waals surface area contributed by atoms with E-state index in [9.17, 15) is 27.1 Å². The van der Waals surface area contributed by atoms with Crippen molar-refractivity contribution in [2.45, 2.75) is 4.90 Å². The van der Waals surface area contributed by atoms with Crippen molar-refractivity contribution >= 4 is 38.3 Å². The molecule has 1 aliphatic rings. The van der Waals surface area contributed by atoms with E-state index >= 15 is 0 Å². The van der Waals surface area contributed by atoms with Gasteiger partial charge >= 0.3 is 0 Å². The molecule has 0 saturated carbocycles. The van der Waals surface area contributed by atoms with Crippen LogP contribution in [0.15, 0.2) is 84.1 Å². The van der Waals surface area contributed by atoms with Crippen LogP contribution in [0.2, 0.25) is 0 Å². The molecular formula is C31H26F2N6O5S. The van der Waals surface area contributed by atoms with Crippen molar-refractivity contribution in [3.63, 3.8) is 0 Å². The molecule has 1 saturated heterocycles. The number of ether oxygens (including phenoxy) is 1. The van der Waals surface area contributed by atoms with Crippen LogP contribution < -0.4 is 14.4 Å². The number of aromatic hydroxyl groups is 1. The summed E-state index contributed by atoms with van der Waals surface area (Å²) in [6.07, 6.45) is 2.98. The van der Waals surface area contributed by atoms with Crippen molar-refractivity contribution in [2.24, 2.45) is 0 Å². The maximum Gasteiger partial charge on any atom is 0.264 e.